The Labute approximate surface area is 154 Å². The highest BCUT2D eigenvalue weighted by atomic mass is 16.5. The SMILES string of the molecule is O=C(O)COc1ccc(NC(=O)CCN2C(=O)c3ccccc3C2=O)cc1. The van der Waals surface area contributed by atoms with Gasteiger partial charge in [0.15, 0.2) is 6.61 Å². The van der Waals surface area contributed by atoms with Crippen molar-refractivity contribution < 1.29 is 29.0 Å². The molecule has 0 fully saturated rings. The number of benzene rings is 2. The summed E-state index contributed by atoms with van der Waals surface area (Å²) in [5.74, 6) is -1.88. The predicted molar refractivity (Wildman–Crippen MR) is 94.6 cm³/mol. The van der Waals surface area contributed by atoms with Crippen LogP contribution in [-0.2, 0) is 9.59 Å². The van der Waals surface area contributed by atoms with Gasteiger partial charge >= 0.3 is 5.97 Å². The molecule has 138 valence electrons. The number of hydrogen-bond acceptors (Lipinski definition) is 5. The summed E-state index contributed by atoms with van der Waals surface area (Å²) < 4.78 is 5.00. The highest BCUT2D eigenvalue weighted by molar-refractivity contribution is 6.21. The smallest absolute Gasteiger partial charge is 0.341 e. The fourth-order valence-electron chi connectivity index (χ4n) is 2.66. The van der Waals surface area contributed by atoms with E-state index in [1.54, 1.807) is 36.4 Å². The third kappa shape index (κ3) is 4.12. The van der Waals surface area contributed by atoms with E-state index in [2.05, 4.69) is 5.32 Å². The molecule has 0 radical (unpaired) electrons. The molecule has 8 heteroatoms. The summed E-state index contributed by atoms with van der Waals surface area (Å²) in [4.78, 5) is 48.1. The number of imide groups is 1. The summed E-state index contributed by atoms with van der Waals surface area (Å²) in [5, 5.41) is 11.2. The van der Waals surface area contributed by atoms with Crippen molar-refractivity contribution in [2.24, 2.45) is 0 Å². The van der Waals surface area contributed by atoms with Gasteiger partial charge in [0.05, 0.1) is 11.1 Å². The lowest BCUT2D eigenvalue weighted by Gasteiger charge is -2.13. The third-order valence-electron chi connectivity index (χ3n) is 3.94. The first-order chi connectivity index (χ1) is 13.0. The minimum atomic E-state index is -1.08. The fourth-order valence-corrected chi connectivity index (χ4v) is 2.66. The molecule has 0 unspecified atom stereocenters. The highest BCUT2D eigenvalue weighted by Gasteiger charge is 2.34. The molecule has 1 aliphatic rings. The molecule has 0 saturated heterocycles. The molecule has 0 bridgehead atoms. The average molecular weight is 368 g/mol. The van der Waals surface area contributed by atoms with Crippen LogP contribution in [0.15, 0.2) is 48.5 Å². The van der Waals surface area contributed by atoms with Gasteiger partial charge in [-0.05, 0) is 36.4 Å². The number of aliphatic carboxylic acids is 1. The van der Waals surface area contributed by atoms with Gasteiger partial charge in [0.25, 0.3) is 11.8 Å². The zero-order valence-corrected chi connectivity index (χ0v) is 14.2. The maximum absolute atomic E-state index is 12.2. The van der Waals surface area contributed by atoms with Crippen LogP contribution in [0.25, 0.3) is 0 Å². The Morgan fingerprint density at radius 3 is 2.11 bits per heavy atom. The van der Waals surface area contributed by atoms with E-state index in [-0.39, 0.29) is 18.9 Å². The van der Waals surface area contributed by atoms with Crippen LogP contribution in [0.3, 0.4) is 0 Å². The number of carboxylic acids is 1. The molecule has 27 heavy (non-hydrogen) atoms. The lowest BCUT2D eigenvalue weighted by atomic mass is 10.1. The van der Waals surface area contributed by atoms with E-state index in [1.807, 2.05) is 0 Å². The van der Waals surface area contributed by atoms with Crippen molar-refractivity contribution in [2.75, 3.05) is 18.5 Å². The molecule has 2 aromatic carbocycles. The van der Waals surface area contributed by atoms with E-state index < -0.39 is 24.4 Å². The van der Waals surface area contributed by atoms with Gasteiger partial charge in [-0.3, -0.25) is 19.3 Å². The quantitative estimate of drug-likeness (QED) is 0.720. The zero-order valence-electron chi connectivity index (χ0n) is 14.2. The van der Waals surface area contributed by atoms with Crippen molar-refractivity contribution in [3.63, 3.8) is 0 Å². The number of hydrogen-bond donors (Lipinski definition) is 2. The number of ether oxygens (including phenoxy) is 1. The van der Waals surface area contributed by atoms with Gasteiger partial charge in [-0.1, -0.05) is 12.1 Å². The number of anilines is 1. The van der Waals surface area contributed by atoms with Crippen molar-refractivity contribution in [2.45, 2.75) is 6.42 Å². The molecule has 2 aromatic rings. The molecule has 8 nitrogen and oxygen atoms in total. The van der Waals surface area contributed by atoms with Gasteiger partial charge in [0.2, 0.25) is 5.91 Å². The molecule has 1 aliphatic heterocycles. The Hall–Kier alpha value is -3.68. The normalized spacial score (nSPS) is 12.7. The maximum atomic E-state index is 12.2. The Morgan fingerprint density at radius 2 is 1.56 bits per heavy atom. The second kappa shape index (κ2) is 7.69. The van der Waals surface area contributed by atoms with Crippen molar-refractivity contribution in [3.8, 4) is 5.75 Å². The largest absolute Gasteiger partial charge is 0.482 e. The summed E-state index contributed by atoms with van der Waals surface area (Å²) in [6.45, 7) is -0.468. The van der Waals surface area contributed by atoms with Crippen molar-refractivity contribution in [1.29, 1.82) is 0 Å². The number of nitrogens with zero attached hydrogens (tertiary/aromatic N) is 1. The van der Waals surface area contributed by atoms with E-state index in [0.717, 1.165) is 4.90 Å². The predicted octanol–water partition coefficient (Wildman–Crippen LogP) is 1.77. The first kappa shape index (κ1) is 18.1. The first-order valence-electron chi connectivity index (χ1n) is 8.15. The molecule has 2 N–H and O–H groups in total. The molecule has 0 spiro atoms. The summed E-state index contributed by atoms with van der Waals surface area (Å²) in [5.41, 5.74) is 1.18. The van der Waals surface area contributed by atoms with Gasteiger partial charge < -0.3 is 15.2 Å². The van der Waals surface area contributed by atoms with E-state index in [1.165, 1.54) is 12.1 Å². The van der Waals surface area contributed by atoms with E-state index in [9.17, 15) is 19.2 Å². The molecule has 0 atom stereocenters. The average Bonchev–Trinajstić information content (AvgIpc) is 2.90. The Bertz CT molecular complexity index is 872. The lowest BCUT2D eigenvalue weighted by molar-refractivity contribution is -0.139. The Balaban J connectivity index is 1.52. The molecular weight excluding hydrogens is 352 g/mol. The number of nitrogens with one attached hydrogen (secondary N) is 1. The molecular formula is C19H16N2O6. The van der Waals surface area contributed by atoms with Gasteiger partial charge in [0, 0.05) is 18.7 Å². The number of fused-ring (bicyclic) bond motifs is 1. The standard InChI is InChI=1S/C19H16N2O6/c22-16(20-12-5-7-13(8-6-12)27-11-17(23)24)9-10-21-18(25)14-3-1-2-4-15(14)19(21)26/h1-8H,9-11H2,(H,20,22)(H,23,24). The first-order valence-corrected chi connectivity index (χ1v) is 8.15. The summed E-state index contributed by atoms with van der Waals surface area (Å²) in [6.07, 6.45) is -0.0390. The summed E-state index contributed by atoms with van der Waals surface area (Å²) >= 11 is 0. The molecule has 3 rings (SSSR count). The number of amides is 3. The Morgan fingerprint density at radius 1 is 0.963 bits per heavy atom. The Kier molecular flexibility index (Phi) is 5.16. The van der Waals surface area contributed by atoms with Crippen LogP contribution in [0.5, 0.6) is 5.75 Å². The van der Waals surface area contributed by atoms with Crippen molar-refractivity contribution in [3.05, 3.63) is 59.7 Å². The third-order valence-corrected chi connectivity index (χ3v) is 3.94. The number of carbonyl (C=O) groups is 4. The fraction of sp³-hybridized carbons (Fsp3) is 0.158. The van der Waals surface area contributed by atoms with Crippen molar-refractivity contribution in [1.82, 2.24) is 4.90 Å². The monoisotopic (exact) mass is 368 g/mol. The topological polar surface area (TPSA) is 113 Å². The number of rotatable bonds is 7. The van der Waals surface area contributed by atoms with Crippen LogP contribution in [0.2, 0.25) is 0 Å². The summed E-state index contributed by atoms with van der Waals surface area (Å²) in [7, 11) is 0. The lowest BCUT2D eigenvalue weighted by Crippen LogP contribution is -2.32. The van der Waals surface area contributed by atoms with Crippen LogP contribution < -0.4 is 10.1 Å². The van der Waals surface area contributed by atoms with Crippen LogP contribution in [0, 0.1) is 0 Å². The number of carbonyl (C=O) groups excluding carboxylic acids is 3. The zero-order chi connectivity index (χ0) is 19.4. The number of carboxylic acid groups (broad SMARTS) is 1. The minimum absolute atomic E-state index is 0.0159. The van der Waals surface area contributed by atoms with Crippen LogP contribution in [-0.4, -0.2) is 46.8 Å². The molecule has 1 heterocycles. The minimum Gasteiger partial charge on any atom is -0.482 e. The molecule has 0 saturated carbocycles. The molecule has 3 amide bonds. The van der Waals surface area contributed by atoms with Crippen LogP contribution >= 0.6 is 0 Å². The van der Waals surface area contributed by atoms with E-state index in [0.29, 0.717) is 22.6 Å². The highest BCUT2D eigenvalue weighted by Crippen LogP contribution is 2.22. The molecule has 0 aromatic heterocycles. The van der Waals surface area contributed by atoms with Crippen LogP contribution in [0.1, 0.15) is 27.1 Å². The van der Waals surface area contributed by atoms with Gasteiger partial charge in [-0.25, -0.2) is 4.79 Å². The van der Waals surface area contributed by atoms with Crippen molar-refractivity contribution >= 4 is 29.4 Å². The van der Waals surface area contributed by atoms with E-state index >= 15 is 0 Å². The van der Waals surface area contributed by atoms with Gasteiger partial charge in [0.1, 0.15) is 5.75 Å². The summed E-state index contributed by atoms with van der Waals surface area (Å²) in [6, 6.07) is 12.7. The second-order valence-corrected chi connectivity index (χ2v) is 5.81. The second-order valence-electron chi connectivity index (χ2n) is 5.81. The maximum Gasteiger partial charge on any atom is 0.341 e. The molecule has 0 aliphatic carbocycles. The van der Waals surface area contributed by atoms with Gasteiger partial charge in [-0.15, -0.1) is 0 Å². The van der Waals surface area contributed by atoms with Crippen LogP contribution in [0.4, 0.5) is 5.69 Å². The van der Waals surface area contributed by atoms with E-state index in [4.69, 9.17) is 9.84 Å². The van der Waals surface area contributed by atoms with Gasteiger partial charge in [-0.2, -0.15) is 0 Å².